The number of benzene rings is 2. The Labute approximate surface area is 180 Å². The van der Waals surface area contributed by atoms with Gasteiger partial charge >= 0.3 is 0 Å². The summed E-state index contributed by atoms with van der Waals surface area (Å²) in [6.07, 6.45) is 0.161. The minimum absolute atomic E-state index is 0.0520. The fraction of sp³-hybridized carbons (Fsp3) is 0.318. The van der Waals surface area contributed by atoms with Gasteiger partial charge in [0.2, 0.25) is 17.7 Å². The van der Waals surface area contributed by atoms with Crippen LogP contribution in [0.2, 0.25) is 0 Å². The second-order valence-electron chi connectivity index (χ2n) is 6.76. The van der Waals surface area contributed by atoms with Crippen molar-refractivity contribution in [2.24, 2.45) is 0 Å². The highest BCUT2D eigenvalue weighted by atomic mass is 32.2. The van der Waals surface area contributed by atoms with E-state index >= 15 is 0 Å². The lowest BCUT2D eigenvalue weighted by Crippen LogP contribution is -2.38. The maximum absolute atomic E-state index is 12.6. The molecular formula is C22H25N3O4S. The third-order valence-electron chi connectivity index (χ3n) is 4.69. The van der Waals surface area contributed by atoms with Gasteiger partial charge in [-0.05, 0) is 29.8 Å². The number of hydrogen-bond donors (Lipinski definition) is 2. The Bertz CT molecular complexity index is 902. The third-order valence-corrected chi connectivity index (χ3v) is 5.73. The highest BCUT2D eigenvalue weighted by molar-refractivity contribution is 7.99. The van der Waals surface area contributed by atoms with Crippen molar-refractivity contribution in [1.29, 1.82) is 0 Å². The van der Waals surface area contributed by atoms with Gasteiger partial charge in [0.05, 0.1) is 19.3 Å². The largest absolute Gasteiger partial charge is 0.497 e. The zero-order chi connectivity index (χ0) is 21.3. The van der Waals surface area contributed by atoms with E-state index in [9.17, 15) is 14.4 Å². The first kappa shape index (κ1) is 21.7. The summed E-state index contributed by atoms with van der Waals surface area (Å²) in [6.45, 7) is 0.881. The van der Waals surface area contributed by atoms with Crippen LogP contribution >= 0.6 is 11.8 Å². The van der Waals surface area contributed by atoms with E-state index in [0.29, 0.717) is 13.1 Å². The van der Waals surface area contributed by atoms with E-state index in [1.807, 2.05) is 48.5 Å². The van der Waals surface area contributed by atoms with Gasteiger partial charge in [0, 0.05) is 36.6 Å². The third kappa shape index (κ3) is 6.00. The minimum Gasteiger partial charge on any atom is -0.497 e. The van der Waals surface area contributed by atoms with Gasteiger partial charge in [-0.25, -0.2) is 0 Å². The van der Waals surface area contributed by atoms with Crippen molar-refractivity contribution >= 4 is 35.2 Å². The predicted octanol–water partition coefficient (Wildman–Crippen LogP) is 2.35. The van der Waals surface area contributed by atoms with E-state index in [-0.39, 0.29) is 37.1 Å². The fourth-order valence-corrected chi connectivity index (χ4v) is 4.05. The first-order valence-corrected chi connectivity index (χ1v) is 10.7. The molecule has 3 rings (SSSR count). The van der Waals surface area contributed by atoms with Crippen LogP contribution in [0.5, 0.6) is 5.75 Å². The first-order valence-electron chi connectivity index (χ1n) is 9.75. The second-order valence-corrected chi connectivity index (χ2v) is 7.90. The van der Waals surface area contributed by atoms with E-state index in [4.69, 9.17) is 4.74 Å². The van der Waals surface area contributed by atoms with Crippen molar-refractivity contribution in [2.45, 2.75) is 24.3 Å². The Kier molecular flexibility index (Phi) is 7.73. The summed E-state index contributed by atoms with van der Waals surface area (Å²) >= 11 is 1.73. The summed E-state index contributed by atoms with van der Waals surface area (Å²) in [7, 11) is 1.59. The van der Waals surface area contributed by atoms with Gasteiger partial charge in [-0.1, -0.05) is 24.3 Å². The molecule has 0 unspecified atom stereocenters. The first-order chi connectivity index (χ1) is 14.6. The van der Waals surface area contributed by atoms with Crippen LogP contribution in [-0.2, 0) is 20.9 Å². The molecule has 0 radical (unpaired) electrons. The molecule has 0 atom stereocenters. The number of thioether (sulfide) groups is 1. The van der Waals surface area contributed by atoms with Crippen LogP contribution in [0.1, 0.15) is 18.4 Å². The van der Waals surface area contributed by atoms with Crippen molar-refractivity contribution in [3.8, 4) is 5.75 Å². The normalized spacial score (nSPS) is 12.6. The number of fused-ring (bicyclic) bond motifs is 1. The molecule has 7 nitrogen and oxygen atoms in total. The van der Waals surface area contributed by atoms with E-state index in [1.165, 1.54) is 0 Å². The van der Waals surface area contributed by atoms with Gasteiger partial charge in [0.1, 0.15) is 5.75 Å². The van der Waals surface area contributed by atoms with Crippen LogP contribution < -0.4 is 20.3 Å². The molecule has 0 aromatic heterocycles. The number of anilines is 1. The van der Waals surface area contributed by atoms with Crippen molar-refractivity contribution in [3.05, 3.63) is 54.1 Å². The molecule has 1 heterocycles. The number of carbonyl (C=O) groups excluding carboxylic acids is 3. The molecule has 1 aliphatic rings. The number of nitrogens with zero attached hydrogens (tertiary/aromatic N) is 1. The van der Waals surface area contributed by atoms with Gasteiger partial charge < -0.3 is 20.3 Å². The Hall–Kier alpha value is -3.00. The second kappa shape index (κ2) is 10.7. The lowest BCUT2D eigenvalue weighted by molar-refractivity contribution is -0.127. The molecule has 2 aromatic rings. The average Bonchev–Trinajstić information content (AvgIpc) is 2.79. The summed E-state index contributed by atoms with van der Waals surface area (Å²) in [4.78, 5) is 39.4. The molecule has 0 fully saturated rings. The number of amides is 3. The molecule has 3 amide bonds. The smallest absolute Gasteiger partial charge is 0.239 e. The van der Waals surface area contributed by atoms with E-state index in [2.05, 4.69) is 10.6 Å². The highest BCUT2D eigenvalue weighted by Gasteiger charge is 2.22. The number of rotatable bonds is 8. The average molecular weight is 428 g/mol. The quantitative estimate of drug-likeness (QED) is 0.675. The monoisotopic (exact) mass is 427 g/mol. The number of nitrogens with one attached hydrogen (secondary N) is 2. The van der Waals surface area contributed by atoms with Crippen molar-refractivity contribution in [1.82, 2.24) is 10.6 Å². The molecule has 0 aliphatic carbocycles. The molecule has 30 heavy (non-hydrogen) atoms. The Morgan fingerprint density at radius 3 is 2.53 bits per heavy atom. The molecule has 0 bridgehead atoms. The number of ether oxygens (including phenoxy) is 1. The van der Waals surface area contributed by atoms with Crippen LogP contribution in [0.4, 0.5) is 5.69 Å². The SMILES string of the molecule is COc1ccc(CNC(=O)CNC(=O)CCC(=O)N2CCSc3ccccc32)cc1. The van der Waals surface area contributed by atoms with Crippen molar-refractivity contribution < 1.29 is 19.1 Å². The minimum atomic E-state index is -0.317. The topological polar surface area (TPSA) is 87.7 Å². The molecule has 158 valence electrons. The number of para-hydroxylation sites is 1. The Morgan fingerprint density at radius 1 is 1.00 bits per heavy atom. The number of methoxy groups -OCH3 is 1. The molecule has 2 N–H and O–H groups in total. The van der Waals surface area contributed by atoms with Gasteiger partial charge in [-0.15, -0.1) is 11.8 Å². The molecule has 0 saturated heterocycles. The maximum atomic E-state index is 12.6. The molecule has 0 spiro atoms. The predicted molar refractivity (Wildman–Crippen MR) is 117 cm³/mol. The number of carbonyl (C=O) groups is 3. The molecular weight excluding hydrogens is 402 g/mol. The molecule has 0 saturated carbocycles. The maximum Gasteiger partial charge on any atom is 0.239 e. The summed E-state index contributed by atoms with van der Waals surface area (Å²) in [5.74, 6) is 0.902. The molecule has 2 aromatic carbocycles. The van der Waals surface area contributed by atoms with Gasteiger partial charge in [-0.2, -0.15) is 0 Å². The van der Waals surface area contributed by atoms with Gasteiger partial charge in [0.15, 0.2) is 0 Å². The molecule has 8 heteroatoms. The summed E-state index contributed by atoms with van der Waals surface area (Å²) < 4.78 is 5.09. The lowest BCUT2D eigenvalue weighted by Gasteiger charge is -2.29. The lowest BCUT2D eigenvalue weighted by atomic mass is 10.2. The van der Waals surface area contributed by atoms with Crippen LogP contribution in [-0.4, -0.2) is 43.7 Å². The summed E-state index contributed by atoms with van der Waals surface area (Å²) in [6, 6.07) is 15.1. The number of hydrogen-bond acceptors (Lipinski definition) is 5. The van der Waals surface area contributed by atoms with Crippen molar-refractivity contribution in [3.63, 3.8) is 0 Å². The van der Waals surface area contributed by atoms with Gasteiger partial charge in [-0.3, -0.25) is 14.4 Å². The van der Waals surface area contributed by atoms with E-state index in [0.717, 1.165) is 27.6 Å². The van der Waals surface area contributed by atoms with Gasteiger partial charge in [0.25, 0.3) is 0 Å². The van der Waals surface area contributed by atoms with E-state index < -0.39 is 0 Å². The fourth-order valence-electron chi connectivity index (χ4n) is 3.06. The van der Waals surface area contributed by atoms with E-state index in [1.54, 1.807) is 23.8 Å². The Balaban J connectivity index is 1.37. The van der Waals surface area contributed by atoms with Crippen LogP contribution in [0.15, 0.2) is 53.4 Å². The standard InChI is InChI=1S/C22H25N3O4S/c1-29-17-8-6-16(7-9-17)14-23-21(27)15-24-20(26)10-11-22(28)25-12-13-30-19-5-3-2-4-18(19)25/h2-9H,10-15H2,1H3,(H,23,27)(H,24,26). The van der Waals surface area contributed by atoms with Crippen molar-refractivity contribution in [2.75, 3.05) is 30.9 Å². The van der Waals surface area contributed by atoms with Crippen LogP contribution in [0, 0.1) is 0 Å². The van der Waals surface area contributed by atoms with Crippen LogP contribution in [0.3, 0.4) is 0 Å². The van der Waals surface area contributed by atoms with Crippen LogP contribution in [0.25, 0.3) is 0 Å². The highest BCUT2D eigenvalue weighted by Crippen LogP contribution is 2.34. The zero-order valence-corrected chi connectivity index (χ0v) is 17.7. The summed E-state index contributed by atoms with van der Waals surface area (Å²) in [5, 5.41) is 5.32. The summed E-state index contributed by atoms with van der Waals surface area (Å²) in [5.41, 5.74) is 1.83. The Morgan fingerprint density at radius 2 is 1.77 bits per heavy atom. The zero-order valence-electron chi connectivity index (χ0n) is 16.8. The molecule has 1 aliphatic heterocycles.